The van der Waals surface area contributed by atoms with Crippen molar-refractivity contribution < 1.29 is 14.0 Å². The van der Waals surface area contributed by atoms with E-state index in [0.29, 0.717) is 6.61 Å². The van der Waals surface area contributed by atoms with Gasteiger partial charge < -0.3 is 9.42 Å². The Hall–Kier alpha value is 0.150. The molecule has 0 rings (SSSR count). The lowest BCUT2D eigenvalue weighted by atomic mass is 10.5. The average molecular weight is 138 g/mol. The summed E-state index contributed by atoms with van der Waals surface area (Å²) in [6, 6.07) is 0. The topological polar surface area (TPSA) is 46.5 Å². The van der Waals surface area contributed by atoms with Gasteiger partial charge in [0, 0.05) is 6.66 Å². The first-order valence-electron chi connectivity index (χ1n) is 2.51. The lowest BCUT2D eigenvalue weighted by Gasteiger charge is -2.02. The predicted octanol–water partition coefficient (Wildman–Crippen LogP) is 1.23. The van der Waals surface area contributed by atoms with Crippen molar-refractivity contribution in [1.29, 1.82) is 0 Å². The highest BCUT2D eigenvalue weighted by molar-refractivity contribution is 7.51. The summed E-state index contributed by atoms with van der Waals surface area (Å²) in [5, 5.41) is 0. The first kappa shape index (κ1) is 8.15. The Kier molecular flexibility index (Phi) is 3.29. The van der Waals surface area contributed by atoms with Crippen LogP contribution in [0.3, 0.4) is 0 Å². The second-order valence-electron chi connectivity index (χ2n) is 1.64. The molecule has 0 aliphatic heterocycles. The van der Waals surface area contributed by atoms with E-state index in [1.165, 1.54) is 6.66 Å². The molecule has 0 saturated carbocycles. The zero-order valence-electron chi connectivity index (χ0n) is 5.13. The van der Waals surface area contributed by atoms with Crippen LogP contribution in [0.15, 0.2) is 0 Å². The maximum absolute atomic E-state index is 10.3. The van der Waals surface area contributed by atoms with E-state index >= 15 is 0 Å². The summed E-state index contributed by atoms with van der Waals surface area (Å²) in [5.74, 6) is 0. The maximum atomic E-state index is 10.3. The molecule has 1 N–H and O–H groups in total. The van der Waals surface area contributed by atoms with Gasteiger partial charge in [0.15, 0.2) is 0 Å². The van der Waals surface area contributed by atoms with Crippen LogP contribution in [0.1, 0.15) is 13.3 Å². The lowest BCUT2D eigenvalue weighted by molar-refractivity contribution is 0.265. The van der Waals surface area contributed by atoms with Crippen LogP contribution in [0.2, 0.25) is 0 Å². The summed E-state index contributed by atoms with van der Waals surface area (Å²) in [6.45, 7) is 3.43. The van der Waals surface area contributed by atoms with Gasteiger partial charge in [0.1, 0.15) is 0 Å². The smallest absolute Gasteiger partial charge is 0.324 e. The molecule has 0 bridgehead atoms. The standard InChI is InChI=1S/C4H11O3P/c1-3-4-7-8(2,5)6/h3-4H2,1-2H3,(H,5,6). The molecule has 1 unspecified atom stereocenters. The Labute approximate surface area is 49.2 Å². The number of hydrogen-bond acceptors (Lipinski definition) is 2. The fourth-order valence-corrected chi connectivity index (χ4v) is 0.782. The van der Waals surface area contributed by atoms with Crippen molar-refractivity contribution in [2.75, 3.05) is 13.3 Å². The van der Waals surface area contributed by atoms with Crippen molar-refractivity contribution in [3.8, 4) is 0 Å². The van der Waals surface area contributed by atoms with Gasteiger partial charge in [-0.05, 0) is 6.42 Å². The molecule has 0 spiro atoms. The van der Waals surface area contributed by atoms with Crippen LogP contribution in [-0.4, -0.2) is 18.2 Å². The highest BCUT2D eigenvalue weighted by atomic mass is 31.2. The predicted molar refractivity (Wildman–Crippen MR) is 32.0 cm³/mol. The Bertz CT molecular complexity index is 95.5. The first-order valence-corrected chi connectivity index (χ1v) is 4.53. The molecular weight excluding hydrogens is 127 g/mol. The van der Waals surface area contributed by atoms with Crippen molar-refractivity contribution in [3.05, 3.63) is 0 Å². The van der Waals surface area contributed by atoms with E-state index in [2.05, 4.69) is 4.52 Å². The van der Waals surface area contributed by atoms with Crippen molar-refractivity contribution in [1.82, 2.24) is 0 Å². The zero-order chi connectivity index (χ0) is 6.62. The molecule has 0 saturated heterocycles. The quantitative estimate of drug-likeness (QED) is 0.596. The van der Waals surface area contributed by atoms with E-state index in [9.17, 15) is 4.57 Å². The van der Waals surface area contributed by atoms with Crippen molar-refractivity contribution in [3.63, 3.8) is 0 Å². The Balaban J connectivity index is 3.26. The molecule has 0 aromatic heterocycles. The number of hydrogen-bond donors (Lipinski definition) is 1. The molecule has 0 fully saturated rings. The van der Waals surface area contributed by atoms with Crippen LogP contribution in [0.25, 0.3) is 0 Å². The van der Waals surface area contributed by atoms with Gasteiger partial charge in [-0.2, -0.15) is 0 Å². The third-order valence-electron chi connectivity index (χ3n) is 0.535. The lowest BCUT2D eigenvalue weighted by Crippen LogP contribution is -1.87. The van der Waals surface area contributed by atoms with Crippen LogP contribution in [-0.2, 0) is 9.09 Å². The molecule has 0 aromatic rings. The minimum atomic E-state index is -3.18. The van der Waals surface area contributed by atoms with Crippen LogP contribution < -0.4 is 0 Å². The fraction of sp³-hybridized carbons (Fsp3) is 1.00. The highest BCUT2D eigenvalue weighted by Gasteiger charge is 2.06. The average Bonchev–Trinajstić information content (AvgIpc) is 1.59. The van der Waals surface area contributed by atoms with E-state index < -0.39 is 7.60 Å². The molecule has 8 heavy (non-hydrogen) atoms. The summed E-state index contributed by atoms with van der Waals surface area (Å²) < 4.78 is 14.8. The van der Waals surface area contributed by atoms with Crippen molar-refractivity contribution in [2.24, 2.45) is 0 Å². The normalized spacial score (nSPS) is 17.9. The van der Waals surface area contributed by atoms with Gasteiger partial charge in [0.2, 0.25) is 0 Å². The Morgan fingerprint density at radius 2 is 2.25 bits per heavy atom. The highest BCUT2D eigenvalue weighted by Crippen LogP contribution is 2.36. The van der Waals surface area contributed by atoms with Crippen LogP contribution >= 0.6 is 7.60 Å². The van der Waals surface area contributed by atoms with Gasteiger partial charge in [-0.25, -0.2) is 0 Å². The van der Waals surface area contributed by atoms with Gasteiger partial charge >= 0.3 is 7.60 Å². The molecule has 0 aromatic carbocycles. The van der Waals surface area contributed by atoms with Crippen molar-refractivity contribution in [2.45, 2.75) is 13.3 Å². The summed E-state index contributed by atoms with van der Waals surface area (Å²) in [5.41, 5.74) is 0. The molecule has 1 atom stereocenters. The molecule has 0 aliphatic carbocycles. The van der Waals surface area contributed by atoms with E-state index in [1.807, 2.05) is 6.92 Å². The number of rotatable bonds is 3. The first-order chi connectivity index (χ1) is 3.56. The summed E-state index contributed by atoms with van der Waals surface area (Å²) >= 11 is 0. The van der Waals surface area contributed by atoms with Gasteiger partial charge in [0.05, 0.1) is 6.61 Å². The van der Waals surface area contributed by atoms with Crippen LogP contribution in [0, 0.1) is 0 Å². The summed E-state index contributed by atoms with van der Waals surface area (Å²) in [4.78, 5) is 8.48. The van der Waals surface area contributed by atoms with E-state index in [-0.39, 0.29) is 0 Å². The van der Waals surface area contributed by atoms with Gasteiger partial charge in [-0.1, -0.05) is 6.92 Å². The molecule has 3 nitrogen and oxygen atoms in total. The SMILES string of the molecule is CCCOP(C)(=O)O. The maximum Gasteiger partial charge on any atom is 0.325 e. The Morgan fingerprint density at radius 1 is 1.75 bits per heavy atom. The van der Waals surface area contributed by atoms with E-state index in [1.54, 1.807) is 0 Å². The summed E-state index contributed by atoms with van der Waals surface area (Å²) in [7, 11) is -3.18. The third kappa shape index (κ3) is 6.15. The van der Waals surface area contributed by atoms with Crippen LogP contribution in [0.5, 0.6) is 0 Å². The largest absolute Gasteiger partial charge is 0.325 e. The Morgan fingerprint density at radius 3 is 2.38 bits per heavy atom. The van der Waals surface area contributed by atoms with Gasteiger partial charge in [0.25, 0.3) is 0 Å². The molecule has 0 radical (unpaired) electrons. The molecule has 0 heterocycles. The molecule has 50 valence electrons. The van der Waals surface area contributed by atoms with Gasteiger partial charge in [-0.15, -0.1) is 0 Å². The van der Waals surface area contributed by atoms with Crippen molar-refractivity contribution >= 4 is 7.60 Å². The second-order valence-corrected chi connectivity index (χ2v) is 3.50. The third-order valence-corrected chi connectivity index (χ3v) is 1.20. The zero-order valence-corrected chi connectivity index (χ0v) is 6.02. The van der Waals surface area contributed by atoms with E-state index in [0.717, 1.165) is 6.42 Å². The fourth-order valence-electron chi connectivity index (χ4n) is 0.261. The molecule has 0 amide bonds. The second kappa shape index (κ2) is 3.23. The minimum Gasteiger partial charge on any atom is -0.324 e. The monoisotopic (exact) mass is 138 g/mol. The van der Waals surface area contributed by atoms with Crippen LogP contribution in [0.4, 0.5) is 0 Å². The molecule has 4 heteroatoms. The molecular formula is C4H11O3P. The minimum absolute atomic E-state index is 0.365. The molecule has 0 aliphatic rings. The van der Waals surface area contributed by atoms with E-state index in [4.69, 9.17) is 4.89 Å². The summed E-state index contributed by atoms with van der Waals surface area (Å²) in [6.07, 6.45) is 0.776. The van der Waals surface area contributed by atoms with Gasteiger partial charge in [-0.3, -0.25) is 4.57 Å².